The van der Waals surface area contributed by atoms with E-state index in [2.05, 4.69) is 10.3 Å². The molecule has 0 radical (unpaired) electrons. The van der Waals surface area contributed by atoms with Gasteiger partial charge < -0.3 is 10.1 Å². The van der Waals surface area contributed by atoms with Gasteiger partial charge in [-0.15, -0.1) is 0 Å². The van der Waals surface area contributed by atoms with Crippen molar-refractivity contribution in [2.45, 2.75) is 26.3 Å². The number of halogens is 1. The van der Waals surface area contributed by atoms with Crippen LogP contribution in [-0.2, 0) is 11.2 Å². The average molecular weight is 516 g/mol. The number of nitrogens with one attached hydrogen (secondary N) is 1. The standard InChI is InChI=1S/C29H26ClN3O4/c1-18-4-7-22(8-5-18)32-29(36)26(14-20-10-12-31-13-11-20)33-17-27(37-3)25(16-28(33)35)24-15-21(30)6-9-23(24)19(2)34/h4-13,15-17,26H,14H2,1-3H3,(H,32,36). The molecule has 7 nitrogen and oxygen atoms in total. The predicted octanol–water partition coefficient (Wildman–Crippen LogP) is 5.51. The number of aromatic nitrogens is 2. The number of benzene rings is 2. The number of hydrogen-bond acceptors (Lipinski definition) is 5. The summed E-state index contributed by atoms with van der Waals surface area (Å²) in [4.78, 5) is 43.3. The van der Waals surface area contributed by atoms with E-state index in [4.69, 9.17) is 16.3 Å². The molecule has 1 atom stereocenters. The van der Waals surface area contributed by atoms with E-state index in [1.165, 1.54) is 30.9 Å². The van der Waals surface area contributed by atoms with E-state index < -0.39 is 11.6 Å². The monoisotopic (exact) mass is 515 g/mol. The molecule has 0 saturated heterocycles. The molecule has 0 spiro atoms. The van der Waals surface area contributed by atoms with Gasteiger partial charge >= 0.3 is 0 Å². The second-order valence-corrected chi connectivity index (χ2v) is 9.11. The molecule has 0 bridgehead atoms. The maximum absolute atomic E-state index is 13.5. The van der Waals surface area contributed by atoms with Crippen LogP contribution in [0.4, 0.5) is 5.69 Å². The first-order valence-corrected chi connectivity index (χ1v) is 12.0. The zero-order valence-corrected chi connectivity index (χ0v) is 21.5. The van der Waals surface area contributed by atoms with Crippen LogP contribution in [0.15, 0.2) is 84.0 Å². The van der Waals surface area contributed by atoms with Crippen molar-refractivity contribution < 1.29 is 14.3 Å². The summed E-state index contributed by atoms with van der Waals surface area (Å²) in [5, 5.41) is 3.33. The molecule has 0 fully saturated rings. The molecule has 1 unspecified atom stereocenters. The second kappa shape index (κ2) is 11.2. The van der Waals surface area contributed by atoms with E-state index in [0.717, 1.165) is 11.1 Å². The molecule has 8 heteroatoms. The maximum atomic E-state index is 13.5. The molecule has 2 aromatic carbocycles. The lowest BCUT2D eigenvalue weighted by atomic mass is 9.97. The van der Waals surface area contributed by atoms with E-state index in [-0.39, 0.29) is 18.1 Å². The number of carbonyl (C=O) groups is 2. The van der Waals surface area contributed by atoms with Crippen LogP contribution in [0.1, 0.15) is 34.5 Å². The first kappa shape index (κ1) is 25.9. The van der Waals surface area contributed by atoms with Crippen molar-refractivity contribution in [3.63, 3.8) is 0 Å². The Morgan fingerprint density at radius 3 is 2.38 bits per heavy atom. The van der Waals surface area contributed by atoms with Gasteiger partial charge in [0.15, 0.2) is 5.78 Å². The molecule has 2 aromatic heterocycles. The normalized spacial score (nSPS) is 11.6. The quantitative estimate of drug-likeness (QED) is 0.313. The van der Waals surface area contributed by atoms with Crippen LogP contribution >= 0.6 is 11.6 Å². The summed E-state index contributed by atoms with van der Waals surface area (Å²) >= 11 is 6.21. The Bertz CT molecular complexity index is 1500. The van der Waals surface area contributed by atoms with Gasteiger partial charge in [-0.05, 0) is 67.4 Å². The fraction of sp³-hybridized carbons (Fsp3) is 0.172. The van der Waals surface area contributed by atoms with Crippen LogP contribution in [0.3, 0.4) is 0 Å². The Hall–Kier alpha value is -4.23. The largest absolute Gasteiger partial charge is 0.495 e. The Balaban J connectivity index is 1.81. The third kappa shape index (κ3) is 5.95. The number of Topliss-reactive ketones (excluding diaryl/α,β-unsaturated/α-hetero) is 1. The van der Waals surface area contributed by atoms with Crippen molar-refractivity contribution >= 4 is 29.0 Å². The molecule has 37 heavy (non-hydrogen) atoms. The Kier molecular flexibility index (Phi) is 7.84. The van der Waals surface area contributed by atoms with Gasteiger partial charge in [-0.2, -0.15) is 0 Å². The van der Waals surface area contributed by atoms with E-state index in [9.17, 15) is 14.4 Å². The van der Waals surface area contributed by atoms with Crippen molar-refractivity contribution in [2.24, 2.45) is 0 Å². The lowest BCUT2D eigenvalue weighted by molar-refractivity contribution is -0.119. The molecule has 2 heterocycles. The van der Waals surface area contributed by atoms with Crippen LogP contribution in [0.25, 0.3) is 11.1 Å². The molecule has 1 amide bonds. The number of hydrogen-bond donors (Lipinski definition) is 1. The summed E-state index contributed by atoms with van der Waals surface area (Å²) in [6.07, 6.45) is 5.03. The Labute approximate surface area is 219 Å². The minimum absolute atomic E-state index is 0.175. The van der Waals surface area contributed by atoms with Gasteiger partial charge in [-0.1, -0.05) is 29.3 Å². The highest BCUT2D eigenvalue weighted by Gasteiger charge is 2.25. The summed E-state index contributed by atoms with van der Waals surface area (Å²) in [5.74, 6) is -0.206. The van der Waals surface area contributed by atoms with Gasteiger partial charge in [0.25, 0.3) is 5.56 Å². The number of ketones is 1. The topological polar surface area (TPSA) is 90.3 Å². The minimum atomic E-state index is -0.884. The van der Waals surface area contributed by atoms with Gasteiger partial charge in [0, 0.05) is 46.7 Å². The number of carbonyl (C=O) groups excluding carboxylic acids is 2. The Morgan fingerprint density at radius 1 is 1.03 bits per heavy atom. The first-order chi connectivity index (χ1) is 17.8. The summed E-state index contributed by atoms with van der Waals surface area (Å²) in [6.45, 7) is 3.41. The van der Waals surface area contributed by atoms with Crippen LogP contribution in [-0.4, -0.2) is 28.4 Å². The van der Waals surface area contributed by atoms with Crippen LogP contribution < -0.4 is 15.6 Å². The van der Waals surface area contributed by atoms with Gasteiger partial charge in [-0.25, -0.2) is 0 Å². The average Bonchev–Trinajstić information content (AvgIpc) is 2.89. The summed E-state index contributed by atoms with van der Waals surface area (Å²) in [5.41, 5.74) is 3.40. The van der Waals surface area contributed by atoms with E-state index in [1.807, 2.05) is 31.2 Å². The van der Waals surface area contributed by atoms with Crippen molar-refractivity contribution in [1.29, 1.82) is 0 Å². The molecular formula is C29H26ClN3O4. The van der Waals surface area contributed by atoms with Crippen molar-refractivity contribution in [3.05, 3.63) is 111 Å². The molecule has 4 aromatic rings. The van der Waals surface area contributed by atoms with E-state index >= 15 is 0 Å². The number of rotatable bonds is 8. The summed E-state index contributed by atoms with van der Waals surface area (Å²) in [7, 11) is 1.47. The highest BCUT2D eigenvalue weighted by molar-refractivity contribution is 6.31. The molecule has 0 saturated carbocycles. The molecule has 0 aliphatic rings. The third-order valence-corrected chi connectivity index (χ3v) is 6.29. The second-order valence-electron chi connectivity index (χ2n) is 8.68. The zero-order chi connectivity index (χ0) is 26.5. The van der Waals surface area contributed by atoms with Gasteiger partial charge in [0.1, 0.15) is 11.8 Å². The number of nitrogens with zero attached hydrogens (tertiary/aromatic N) is 2. The molecule has 4 rings (SSSR count). The Morgan fingerprint density at radius 2 is 1.73 bits per heavy atom. The maximum Gasteiger partial charge on any atom is 0.252 e. The molecular weight excluding hydrogens is 490 g/mol. The van der Waals surface area contributed by atoms with Crippen LogP contribution in [0, 0.1) is 6.92 Å². The summed E-state index contributed by atoms with van der Waals surface area (Å²) < 4.78 is 6.98. The van der Waals surface area contributed by atoms with Gasteiger partial charge in [0.2, 0.25) is 5.91 Å². The lowest BCUT2D eigenvalue weighted by Crippen LogP contribution is -2.34. The van der Waals surface area contributed by atoms with E-state index in [1.54, 1.807) is 42.7 Å². The molecule has 188 valence electrons. The smallest absolute Gasteiger partial charge is 0.252 e. The number of methoxy groups -OCH3 is 1. The first-order valence-electron chi connectivity index (χ1n) is 11.6. The molecule has 1 N–H and O–H groups in total. The number of aryl methyl sites for hydroxylation is 1. The van der Waals surface area contributed by atoms with Gasteiger partial charge in [0.05, 0.1) is 13.3 Å². The predicted molar refractivity (Wildman–Crippen MR) is 144 cm³/mol. The summed E-state index contributed by atoms with van der Waals surface area (Å²) in [6, 6.07) is 16.4. The van der Waals surface area contributed by atoms with Crippen LogP contribution in [0.5, 0.6) is 5.75 Å². The lowest BCUT2D eigenvalue weighted by Gasteiger charge is -2.22. The van der Waals surface area contributed by atoms with Crippen molar-refractivity contribution in [3.8, 4) is 16.9 Å². The number of amides is 1. The minimum Gasteiger partial charge on any atom is -0.495 e. The van der Waals surface area contributed by atoms with Crippen molar-refractivity contribution in [2.75, 3.05) is 12.4 Å². The number of anilines is 1. The van der Waals surface area contributed by atoms with Crippen LogP contribution in [0.2, 0.25) is 5.02 Å². The van der Waals surface area contributed by atoms with Gasteiger partial charge in [-0.3, -0.25) is 23.9 Å². The van der Waals surface area contributed by atoms with E-state index in [0.29, 0.717) is 33.1 Å². The fourth-order valence-electron chi connectivity index (χ4n) is 4.11. The highest BCUT2D eigenvalue weighted by Crippen LogP contribution is 2.34. The third-order valence-electron chi connectivity index (χ3n) is 6.05. The number of pyridine rings is 2. The highest BCUT2D eigenvalue weighted by atomic mass is 35.5. The van der Waals surface area contributed by atoms with Crippen molar-refractivity contribution in [1.82, 2.24) is 9.55 Å². The SMILES string of the molecule is COc1cn(C(Cc2ccncc2)C(=O)Nc2ccc(C)cc2)c(=O)cc1-c1cc(Cl)ccc1C(C)=O. The fourth-order valence-corrected chi connectivity index (χ4v) is 4.29. The molecule has 0 aliphatic carbocycles. The number of ether oxygens (including phenoxy) is 1. The molecule has 0 aliphatic heterocycles. The zero-order valence-electron chi connectivity index (χ0n) is 20.7.